The molecule has 1 amide bonds. The van der Waals surface area contributed by atoms with Crippen molar-refractivity contribution in [2.75, 3.05) is 24.6 Å². The van der Waals surface area contributed by atoms with Crippen molar-refractivity contribution in [2.45, 2.75) is 25.3 Å². The first-order valence-corrected chi connectivity index (χ1v) is 6.58. The zero-order valence-electron chi connectivity index (χ0n) is 8.42. The molecule has 2 aliphatic rings. The normalized spacial score (nSPS) is 24.3. The van der Waals surface area contributed by atoms with Crippen LogP contribution < -0.4 is 10.6 Å². The van der Waals surface area contributed by atoms with Crippen molar-refractivity contribution in [1.82, 2.24) is 10.6 Å². The van der Waals surface area contributed by atoms with Crippen LogP contribution in [-0.2, 0) is 4.79 Å². The Bertz CT molecular complexity index is 200. The predicted molar refractivity (Wildman–Crippen MR) is 59.5 cm³/mol. The van der Waals surface area contributed by atoms with Crippen LogP contribution in [0, 0.1) is 5.92 Å². The average Bonchev–Trinajstić information content (AvgIpc) is 2.13. The van der Waals surface area contributed by atoms with Crippen molar-refractivity contribution in [3.8, 4) is 0 Å². The van der Waals surface area contributed by atoms with Gasteiger partial charge in [0.15, 0.2) is 0 Å². The van der Waals surface area contributed by atoms with E-state index in [-0.39, 0.29) is 5.91 Å². The van der Waals surface area contributed by atoms with Crippen molar-refractivity contribution in [3.05, 3.63) is 0 Å². The summed E-state index contributed by atoms with van der Waals surface area (Å²) >= 11 is 2.01. The first-order chi connectivity index (χ1) is 6.84. The van der Waals surface area contributed by atoms with Gasteiger partial charge in [0, 0.05) is 19.5 Å². The largest absolute Gasteiger partial charge is 0.351 e. The summed E-state index contributed by atoms with van der Waals surface area (Å²) < 4.78 is 0. The molecule has 3 nitrogen and oxygen atoms in total. The topological polar surface area (TPSA) is 41.1 Å². The molecule has 0 unspecified atom stereocenters. The van der Waals surface area contributed by atoms with Crippen molar-refractivity contribution >= 4 is 17.7 Å². The fourth-order valence-electron chi connectivity index (χ4n) is 1.89. The Hall–Kier alpha value is -0.220. The molecule has 0 aromatic heterocycles. The number of carbonyl (C=O) groups excluding carboxylic acids is 1. The minimum Gasteiger partial charge on any atom is -0.351 e. The van der Waals surface area contributed by atoms with Gasteiger partial charge in [0.1, 0.15) is 0 Å². The maximum absolute atomic E-state index is 11.6. The maximum atomic E-state index is 11.6. The van der Waals surface area contributed by atoms with E-state index >= 15 is 0 Å². The van der Waals surface area contributed by atoms with Crippen LogP contribution in [-0.4, -0.2) is 36.5 Å². The average molecular weight is 214 g/mol. The van der Waals surface area contributed by atoms with E-state index in [4.69, 9.17) is 0 Å². The molecule has 0 atom stereocenters. The number of nitrogens with one attached hydrogen (secondary N) is 2. The van der Waals surface area contributed by atoms with E-state index < -0.39 is 0 Å². The van der Waals surface area contributed by atoms with Gasteiger partial charge < -0.3 is 10.6 Å². The van der Waals surface area contributed by atoms with E-state index in [1.807, 2.05) is 11.8 Å². The van der Waals surface area contributed by atoms with Crippen molar-refractivity contribution < 1.29 is 4.79 Å². The third-order valence-corrected chi connectivity index (χ3v) is 4.01. The Balaban J connectivity index is 1.64. The Labute approximate surface area is 89.4 Å². The number of hydrogen-bond acceptors (Lipinski definition) is 3. The zero-order chi connectivity index (χ0) is 9.80. The molecule has 0 radical (unpaired) electrons. The lowest BCUT2D eigenvalue weighted by Crippen LogP contribution is -2.57. The standard InChI is InChI=1S/C10H18N2OS/c13-10(12-9-6-11-7-9)5-8-1-3-14-4-2-8/h8-9,11H,1-7H2,(H,12,13). The quantitative estimate of drug-likeness (QED) is 0.723. The first-order valence-electron chi connectivity index (χ1n) is 5.42. The van der Waals surface area contributed by atoms with E-state index in [1.165, 1.54) is 24.3 Å². The number of amides is 1. The van der Waals surface area contributed by atoms with Gasteiger partial charge >= 0.3 is 0 Å². The summed E-state index contributed by atoms with van der Waals surface area (Å²) in [6.07, 6.45) is 3.19. The van der Waals surface area contributed by atoms with Crippen LogP contribution in [0.5, 0.6) is 0 Å². The molecule has 2 saturated heterocycles. The SMILES string of the molecule is O=C(CC1CCSCC1)NC1CNC1. The van der Waals surface area contributed by atoms with Gasteiger partial charge in [-0.1, -0.05) is 0 Å². The Morgan fingerprint density at radius 3 is 2.64 bits per heavy atom. The second-order valence-electron chi connectivity index (χ2n) is 4.18. The van der Waals surface area contributed by atoms with Crippen LogP contribution in [0.1, 0.15) is 19.3 Å². The van der Waals surface area contributed by atoms with E-state index in [1.54, 1.807) is 0 Å². The van der Waals surface area contributed by atoms with Crippen LogP contribution in [0.3, 0.4) is 0 Å². The van der Waals surface area contributed by atoms with Crippen LogP contribution in [0.25, 0.3) is 0 Å². The molecule has 2 fully saturated rings. The predicted octanol–water partition coefficient (Wildman–Crippen LogP) is 0.608. The summed E-state index contributed by atoms with van der Waals surface area (Å²) in [5, 5.41) is 6.21. The van der Waals surface area contributed by atoms with Crippen molar-refractivity contribution in [1.29, 1.82) is 0 Å². The summed E-state index contributed by atoms with van der Waals surface area (Å²) in [5.74, 6) is 3.38. The highest BCUT2D eigenvalue weighted by Gasteiger charge is 2.21. The molecule has 0 aromatic carbocycles. The zero-order valence-corrected chi connectivity index (χ0v) is 9.24. The van der Waals surface area contributed by atoms with Crippen LogP contribution in [0.15, 0.2) is 0 Å². The van der Waals surface area contributed by atoms with Crippen molar-refractivity contribution in [3.63, 3.8) is 0 Å². The molecule has 80 valence electrons. The highest BCUT2D eigenvalue weighted by Crippen LogP contribution is 2.25. The van der Waals surface area contributed by atoms with Crippen LogP contribution >= 0.6 is 11.8 Å². The summed E-state index contributed by atoms with van der Waals surface area (Å²) in [4.78, 5) is 11.6. The molecule has 4 heteroatoms. The molecule has 2 heterocycles. The molecule has 0 spiro atoms. The molecule has 0 bridgehead atoms. The lowest BCUT2D eigenvalue weighted by atomic mass is 9.98. The Morgan fingerprint density at radius 2 is 2.07 bits per heavy atom. The maximum Gasteiger partial charge on any atom is 0.220 e. The Kier molecular flexibility index (Phi) is 3.70. The fourth-order valence-corrected chi connectivity index (χ4v) is 3.09. The van der Waals surface area contributed by atoms with Gasteiger partial charge in [-0.05, 0) is 30.3 Å². The molecule has 0 saturated carbocycles. The highest BCUT2D eigenvalue weighted by molar-refractivity contribution is 7.99. The molecule has 2 N–H and O–H groups in total. The summed E-state index contributed by atoms with van der Waals surface area (Å²) in [6.45, 7) is 1.90. The minimum atomic E-state index is 0.258. The third-order valence-electron chi connectivity index (χ3n) is 2.96. The number of rotatable bonds is 3. The van der Waals surface area contributed by atoms with E-state index in [2.05, 4.69) is 10.6 Å². The van der Waals surface area contributed by atoms with Crippen LogP contribution in [0.2, 0.25) is 0 Å². The van der Waals surface area contributed by atoms with E-state index in [0.29, 0.717) is 12.0 Å². The summed E-state index contributed by atoms with van der Waals surface area (Å²) in [6, 6.07) is 0.403. The number of hydrogen-bond donors (Lipinski definition) is 2. The van der Waals surface area contributed by atoms with Gasteiger partial charge in [0.2, 0.25) is 5.91 Å². The van der Waals surface area contributed by atoms with Gasteiger partial charge in [0.25, 0.3) is 0 Å². The molecular formula is C10H18N2OS. The van der Waals surface area contributed by atoms with E-state index in [0.717, 1.165) is 19.5 Å². The monoisotopic (exact) mass is 214 g/mol. The smallest absolute Gasteiger partial charge is 0.220 e. The van der Waals surface area contributed by atoms with Gasteiger partial charge in [0.05, 0.1) is 6.04 Å². The molecule has 14 heavy (non-hydrogen) atoms. The fraction of sp³-hybridized carbons (Fsp3) is 0.900. The Morgan fingerprint density at radius 1 is 1.36 bits per heavy atom. The molecule has 0 aromatic rings. The highest BCUT2D eigenvalue weighted by atomic mass is 32.2. The first kappa shape index (κ1) is 10.3. The molecular weight excluding hydrogens is 196 g/mol. The second-order valence-corrected chi connectivity index (χ2v) is 5.41. The molecule has 0 aliphatic carbocycles. The molecule has 2 rings (SSSR count). The van der Waals surface area contributed by atoms with Gasteiger partial charge in [-0.25, -0.2) is 0 Å². The number of carbonyl (C=O) groups is 1. The third kappa shape index (κ3) is 2.89. The summed E-state index contributed by atoms with van der Waals surface area (Å²) in [5.41, 5.74) is 0. The second kappa shape index (κ2) is 5.03. The van der Waals surface area contributed by atoms with Crippen molar-refractivity contribution in [2.24, 2.45) is 5.92 Å². The lowest BCUT2D eigenvalue weighted by molar-refractivity contribution is -0.123. The van der Waals surface area contributed by atoms with E-state index in [9.17, 15) is 4.79 Å². The summed E-state index contributed by atoms with van der Waals surface area (Å²) in [7, 11) is 0. The van der Waals surface area contributed by atoms with Gasteiger partial charge in [-0.15, -0.1) is 0 Å². The molecule has 2 aliphatic heterocycles. The lowest BCUT2D eigenvalue weighted by Gasteiger charge is -2.29. The van der Waals surface area contributed by atoms with Crippen LogP contribution in [0.4, 0.5) is 0 Å². The number of thioether (sulfide) groups is 1. The van der Waals surface area contributed by atoms with Gasteiger partial charge in [-0.2, -0.15) is 11.8 Å². The minimum absolute atomic E-state index is 0.258. The van der Waals surface area contributed by atoms with Gasteiger partial charge in [-0.3, -0.25) is 4.79 Å².